The van der Waals surface area contributed by atoms with E-state index in [0.29, 0.717) is 37.4 Å². The van der Waals surface area contributed by atoms with E-state index < -0.39 is 5.97 Å². The molecule has 0 aliphatic carbocycles. The van der Waals surface area contributed by atoms with Crippen molar-refractivity contribution in [2.45, 2.75) is 12.8 Å². The van der Waals surface area contributed by atoms with Crippen molar-refractivity contribution in [1.29, 1.82) is 0 Å². The number of likely N-dealkylation sites (tertiary alicyclic amines) is 1. The number of carbonyl (C=O) groups is 2. The van der Waals surface area contributed by atoms with Gasteiger partial charge in [0.05, 0.1) is 5.92 Å². The Morgan fingerprint density at radius 2 is 2.14 bits per heavy atom. The van der Waals surface area contributed by atoms with Gasteiger partial charge < -0.3 is 20.1 Å². The molecule has 0 atom stereocenters. The van der Waals surface area contributed by atoms with Crippen molar-refractivity contribution in [3.05, 3.63) is 24.3 Å². The Balaban J connectivity index is 1.90. The molecular weight excluding hydrogens is 284 g/mol. The molecule has 1 aliphatic rings. The number of nitrogens with one attached hydrogen (secondary N) is 1. The number of carboxylic acids is 1. The highest BCUT2D eigenvalue weighted by Crippen LogP contribution is 2.20. The summed E-state index contributed by atoms with van der Waals surface area (Å²) in [6.45, 7) is 1.05. The average molecular weight is 302 g/mol. The molecule has 2 rings (SSSR count). The first-order chi connectivity index (χ1) is 10.6. The lowest BCUT2D eigenvalue weighted by atomic mass is 9.97. The van der Waals surface area contributed by atoms with Gasteiger partial charge >= 0.3 is 12.0 Å². The van der Waals surface area contributed by atoms with E-state index in [-0.39, 0.29) is 18.6 Å². The fourth-order valence-corrected chi connectivity index (χ4v) is 2.32. The summed E-state index contributed by atoms with van der Waals surface area (Å²) in [6, 6.07) is 6.73. The van der Waals surface area contributed by atoms with E-state index in [1.54, 1.807) is 29.2 Å². The van der Waals surface area contributed by atoms with Crippen molar-refractivity contribution < 1.29 is 19.4 Å². The summed E-state index contributed by atoms with van der Waals surface area (Å²) in [5.41, 5.74) is 0.611. The highest BCUT2D eigenvalue weighted by atomic mass is 16.5. The van der Waals surface area contributed by atoms with Gasteiger partial charge in [-0.05, 0) is 25.0 Å². The van der Waals surface area contributed by atoms with Crippen LogP contribution in [0, 0.1) is 18.3 Å². The highest BCUT2D eigenvalue weighted by Gasteiger charge is 2.26. The number of hydrogen-bond donors (Lipinski definition) is 2. The molecule has 1 aromatic carbocycles. The average Bonchev–Trinajstić information content (AvgIpc) is 2.53. The third kappa shape index (κ3) is 4.16. The van der Waals surface area contributed by atoms with Crippen LogP contribution >= 0.6 is 0 Å². The summed E-state index contributed by atoms with van der Waals surface area (Å²) in [5.74, 6) is 1.81. The largest absolute Gasteiger partial charge is 0.481 e. The molecule has 6 nitrogen and oxygen atoms in total. The summed E-state index contributed by atoms with van der Waals surface area (Å²) < 4.78 is 5.30. The molecule has 1 aromatic rings. The minimum atomic E-state index is -0.793. The number of carbonyl (C=O) groups excluding carboxylic acids is 1. The van der Waals surface area contributed by atoms with Crippen molar-refractivity contribution in [2.24, 2.45) is 5.92 Å². The first-order valence-corrected chi connectivity index (χ1v) is 7.05. The number of benzene rings is 1. The molecule has 0 aromatic heterocycles. The van der Waals surface area contributed by atoms with Gasteiger partial charge in [0.15, 0.2) is 0 Å². The number of rotatable bonds is 4. The number of carboxylic acid groups (broad SMARTS) is 1. The number of ether oxygens (including phenoxy) is 1. The number of terminal acetylenes is 1. The van der Waals surface area contributed by atoms with Crippen LogP contribution in [0.3, 0.4) is 0 Å². The molecule has 116 valence electrons. The van der Waals surface area contributed by atoms with Crippen LogP contribution in [0.15, 0.2) is 24.3 Å². The van der Waals surface area contributed by atoms with Gasteiger partial charge in [-0.3, -0.25) is 4.79 Å². The predicted molar refractivity (Wildman–Crippen MR) is 81.7 cm³/mol. The molecule has 0 spiro atoms. The van der Waals surface area contributed by atoms with Gasteiger partial charge in [0.1, 0.15) is 12.4 Å². The summed E-state index contributed by atoms with van der Waals surface area (Å²) in [7, 11) is 0. The Bertz CT molecular complexity index is 586. The number of amides is 2. The van der Waals surface area contributed by atoms with Gasteiger partial charge in [-0.25, -0.2) is 4.79 Å². The molecular formula is C16H18N2O4. The molecule has 0 bridgehead atoms. The number of aliphatic carboxylic acids is 1. The second kappa shape index (κ2) is 7.36. The van der Waals surface area contributed by atoms with Crippen molar-refractivity contribution in [3.63, 3.8) is 0 Å². The first kappa shape index (κ1) is 15.7. The van der Waals surface area contributed by atoms with Crippen LogP contribution in [0.1, 0.15) is 12.8 Å². The number of nitrogens with zero attached hydrogens (tertiary/aromatic N) is 1. The van der Waals surface area contributed by atoms with Crippen LogP contribution in [0.25, 0.3) is 0 Å². The minimum Gasteiger partial charge on any atom is -0.481 e. The Labute approximate surface area is 129 Å². The summed E-state index contributed by atoms with van der Waals surface area (Å²) in [6.07, 6.45) is 6.09. The SMILES string of the molecule is C#CCOc1cccc(NC(=O)N2CCC(C(=O)O)CC2)c1. The zero-order valence-corrected chi connectivity index (χ0v) is 12.1. The molecule has 2 amide bonds. The lowest BCUT2D eigenvalue weighted by Gasteiger charge is -2.30. The van der Waals surface area contributed by atoms with E-state index in [2.05, 4.69) is 11.2 Å². The van der Waals surface area contributed by atoms with E-state index in [1.807, 2.05) is 0 Å². The van der Waals surface area contributed by atoms with Crippen LogP contribution < -0.4 is 10.1 Å². The zero-order chi connectivity index (χ0) is 15.9. The van der Waals surface area contributed by atoms with Gasteiger partial charge in [-0.1, -0.05) is 12.0 Å². The Kier molecular flexibility index (Phi) is 5.26. The number of urea groups is 1. The Morgan fingerprint density at radius 1 is 1.41 bits per heavy atom. The standard InChI is InChI=1S/C16H18N2O4/c1-2-10-22-14-5-3-4-13(11-14)17-16(21)18-8-6-12(7-9-18)15(19)20/h1,3-5,11-12H,6-10H2,(H,17,21)(H,19,20). The lowest BCUT2D eigenvalue weighted by Crippen LogP contribution is -2.42. The van der Waals surface area contributed by atoms with Gasteiger partial charge in [0, 0.05) is 24.8 Å². The molecule has 1 saturated heterocycles. The third-order valence-corrected chi connectivity index (χ3v) is 3.54. The molecule has 1 heterocycles. The van der Waals surface area contributed by atoms with Crippen LogP contribution in [0.2, 0.25) is 0 Å². The topological polar surface area (TPSA) is 78.9 Å². The van der Waals surface area contributed by atoms with Crippen LogP contribution in [-0.2, 0) is 4.79 Å². The molecule has 6 heteroatoms. The molecule has 22 heavy (non-hydrogen) atoms. The molecule has 0 radical (unpaired) electrons. The van der Waals surface area contributed by atoms with E-state index >= 15 is 0 Å². The highest BCUT2D eigenvalue weighted by molar-refractivity contribution is 5.89. The zero-order valence-electron chi connectivity index (χ0n) is 12.1. The second-order valence-electron chi connectivity index (χ2n) is 5.05. The Hall–Kier alpha value is -2.68. The molecule has 0 saturated carbocycles. The van der Waals surface area contributed by atoms with Crippen molar-refractivity contribution >= 4 is 17.7 Å². The van der Waals surface area contributed by atoms with Gasteiger partial charge in [0.2, 0.25) is 0 Å². The van der Waals surface area contributed by atoms with Crippen molar-refractivity contribution in [1.82, 2.24) is 4.90 Å². The quantitative estimate of drug-likeness (QED) is 0.834. The van der Waals surface area contributed by atoms with Crippen molar-refractivity contribution in [2.75, 3.05) is 25.0 Å². The van der Waals surface area contributed by atoms with E-state index in [1.165, 1.54) is 0 Å². The number of anilines is 1. The summed E-state index contributed by atoms with van der Waals surface area (Å²) in [4.78, 5) is 24.7. The van der Waals surface area contributed by atoms with Crippen LogP contribution in [0.5, 0.6) is 5.75 Å². The first-order valence-electron chi connectivity index (χ1n) is 7.05. The fraction of sp³-hybridized carbons (Fsp3) is 0.375. The molecule has 1 fully saturated rings. The normalized spacial score (nSPS) is 15.0. The second-order valence-corrected chi connectivity index (χ2v) is 5.05. The van der Waals surface area contributed by atoms with E-state index in [4.69, 9.17) is 16.3 Å². The van der Waals surface area contributed by atoms with Gasteiger partial charge in [0.25, 0.3) is 0 Å². The predicted octanol–water partition coefficient (Wildman–Crippen LogP) is 2.03. The maximum atomic E-state index is 12.2. The van der Waals surface area contributed by atoms with Crippen LogP contribution in [-0.4, -0.2) is 41.7 Å². The maximum absolute atomic E-state index is 12.2. The number of piperidine rings is 1. The Morgan fingerprint density at radius 3 is 2.77 bits per heavy atom. The fourth-order valence-electron chi connectivity index (χ4n) is 2.32. The monoisotopic (exact) mass is 302 g/mol. The smallest absolute Gasteiger partial charge is 0.321 e. The summed E-state index contributed by atoms with van der Waals surface area (Å²) >= 11 is 0. The minimum absolute atomic E-state index is 0.167. The molecule has 2 N–H and O–H groups in total. The van der Waals surface area contributed by atoms with Gasteiger partial charge in [-0.2, -0.15) is 0 Å². The van der Waals surface area contributed by atoms with Gasteiger partial charge in [-0.15, -0.1) is 6.42 Å². The lowest BCUT2D eigenvalue weighted by molar-refractivity contribution is -0.143. The van der Waals surface area contributed by atoms with E-state index in [9.17, 15) is 9.59 Å². The third-order valence-electron chi connectivity index (χ3n) is 3.54. The maximum Gasteiger partial charge on any atom is 0.321 e. The molecule has 0 unspecified atom stereocenters. The van der Waals surface area contributed by atoms with Crippen molar-refractivity contribution in [3.8, 4) is 18.1 Å². The summed E-state index contributed by atoms with van der Waals surface area (Å²) in [5, 5.41) is 11.7. The number of hydrogen-bond acceptors (Lipinski definition) is 3. The van der Waals surface area contributed by atoms with E-state index in [0.717, 1.165) is 0 Å². The molecule has 1 aliphatic heterocycles. The van der Waals surface area contributed by atoms with Crippen LogP contribution in [0.4, 0.5) is 10.5 Å².